The van der Waals surface area contributed by atoms with Gasteiger partial charge < -0.3 is 4.42 Å². The number of rotatable bonds is 2. The first-order valence-corrected chi connectivity index (χ1v) is 9.07. The van der Waals surface area contributed by atoms with E-state index in [1.54, 1.807) is 12.1 Å². The third-order valence-electron chi connectivity index (χ3n) is 3.98. The number of nitrogens with one attached hydrogen (secondary N) is 1. The van der Waals surface area contributed by atoms with E-state index < -0.39 is 0 Å². The van der Waals surface area contributed by atoms with Crippen molar-refractivity contribution >= 4 is 51.5 Å². The third-order valence-corrected chi connectivity index (χ3v) is 4.96. The molecular formula is C21H13Cl3NO+. The van der Waals surface area contributed by atoms with Crippen LogP contribution in [0.25, 0.3) is 22.3 Å². The summed E-state index contributed by atoms with van der Waals surface area (Å²) >= 11 is 18.3. The monoisotopic (exact) mass is 400 g/mol. The molecule has 0 aliphatic rings. The molecule has 0 saturated heterocycles. The molecule has 4 rings (SSSR count). The maximum atomic E-state index is 6.19. The van der Waals surface area contributed by atoms with Crippen LogP contribution in [0, 0.1) is 0 Å². The van der Waals surface area contributed by atoms with Crippen molar-refractivity contribution in [3.63, 3.8) is 0 Å². The highest BCUT2D eigenvalue weighted by molar-refractivity contribution is 6.42. The van der Waals surface area contributed by atoms with Crippen molar-refractivity contribution in [1.82, 2.24) is 0 Å². The summed E-state index contributed by atoms with van der Waals surface area (Å²) in [5, 5.41) is 3.38. The van der Waals surface area contributed by atoms with Gasteiger partial charge in [0.1, 0.15) is 11.3 Å². The van der Waals surface area contributed by atoms with Crippen LogP contribution in [0.15, 0.2) is 77.2 Å². The lowest BCUT2D eigenvalue weighted by Gasteiger charge is -2.03. The first-order valence-electron chi connectivity index (χ1n) is 7.94. The predicted octanol–water partition coefficient (Wildman–Crippen LogP) is 5.37. The van der Waals surface area contributed by atoms with Crippen molar-refractivity contribution < 1.29 is 9.41 Å². The van der Waals surface area contributed by atoms with E-state index in [9.17, 15) is 0 Å². The van der Waals surface area contributed by atoms with E-state index in [2.05, 4.69) is 4.99 Å². The van der Waals surface area contributed by atoms with E-state index in [-0.39, 0.29) is 0 Å². The second-order valence-electron chi connectivity index (χ2n) is 5.78. The van der Waals surface area contributed by atoms with Crippen LogP contribution < -0.4 is 10.3 Å². The SMILES string of the molecule is Clc1ccc2oc(-c3ccccc3)cc(=[NH+]c3ccc(Cl)c(Cl)c3)c2c1. The zero-order chi connectivity index (χ0) is 18.1. The lowest BCUT2D eigenvalue weighted by atomic mass is 10.1. The van der Waals surface area contributed by atoms with E-state index in [0.29, 0.717) is 15.1 Å². The van der Waals surface area contributed by atoms with Gasteiger partial charge in [-0.15, -0.1) is 0 Å². The molecule has 0 saturated carbocycles. The molecular weight excluding hydrogens is 389 g/mol. The molecule has 0 bridgehead atoms. The molecule has 128 valence electrons. The first kappa shape index (κ1) is 17.2. The smallest absolute Gasteiger partial charge is 0.218 e. The Balaban J connectivity index is 2.00. The molecule has 26 heavy (non-hydrogen) atoms. The maximum absolute atomic E-state index is 6.19. The standard InChI is InChI=1S/C21H12Cl3NO/c22-14-6-9-20-16(10-14)19(25-15-7-8-17(23)18(24)11-15)12-21(26-20)13-4-2-1-3-5-13/h1-12H/p+1. The zero-order valence-electron chi connectivity index (χ0n) is 13.5. The van der Waals surface area contributed by atoms with Gasteiger partial charge in [-0.05, 0) is 24.3 Å². The van der Waals surface area contributed by atoms with Crippen molar-refractivity contribution in [3.05, 3.63) is 93.2 Å². The van der Waals surface area contributed by atoms with E-state index >= 15 is 0 Å². The molecule has 5 heteroatoms. The van der Waals surface area contributed by atoms with E-state index in [1.165, 1.54) is 0 Å². The predicted molar refractivity (Wildman–Crippen MR) is 107 cm³/mol. The molecule has 1 heterocycles. The number of halogens is 3. The highest BCUT2D eigenvalue weighted by Crippen LogP contribution is 2.24. The van der Waals surface area contributed by atoms with Crippen LogP contribution >= 0.6 is 34.8 Å². The summed E-state index contributed by atoms with van der Waals surface area (Å²) in [4.78, 5) is 3.39. The molecule has 2 nitrogen and oxygen atoms in total. The van der Waals surface area contributed by atoms with Crippen molar-refractivity contribution in [2.75, 3.05) is 0 Å². The molecule has 0 aliphatic carbocycles. The van der Waals surface area contributed by atoms with Gasteiger partial charge in [-0.1, -0.05) is 65.1 Å². The molecule has 1 aromatic heterocycles. The van der Waals surface area contributed by atoms with E-state index in [0.717, 1.165) is 33.3 Å². The number of hydrogen-bond acceptors (Lipinski definition) is 1. The Morgan fingerprint density at radius 2 is 1.54 bits per heavy atom. The number of fused-ring (bicyclic) bond motifs is 1. The molecule has 3 aromatic carbocycles. The molecule has 0 unspecified atom stereocenters. The summed E-state index contributed by atoms with van der Waals surface area (Å²) < 4.78 is 6.08. The largest absolute Gasteiger partial charge is 0.456 e. The summed E-state index contributed by atoms with van der Waals surface area (Å²) in [5.41, 5.74) is 2.55. The summed E-state index contributed by atoms with van der Waals surface area (Å²) in [6.07, 6.45) is 0. The van der Waals surface area contributed by atoms with E-state index in [4.69, 9.17) is 39.2 Å². The van der Waals surface area contributed by atoms with Gasteiger partial charge >= 0.3 is 0 Å². The fourth-order valence-corrected chi connectivity index (χ4v) is 3.21. The minimum absolute atomic E-state index is 0.489. The molecule has 0 atom stereocenters. The van der Waals surface area contributed by atoms with Gasteiger partial charge in [0.15, 0.2) is 0 Å². The lowest BCUT2D eigenvalue weighted by Crippen LogP contribution is -2.70. The van der Waals surface area contributed by atoms with Crippen LogP contribution in [-0.2, 0) is 0 Å². The highest BCUT2D eigenvalue weighted by Gasteiger charge is 2.11. The van der Waals surface area contributed by atoms with Crippen molar-refractivity contribution in [2.24, 2.45) is 0 Å². The van der Waals surface area contributed by atoms with Crippen LogP contribution in [-0.4, -0.2) is 0 Å². The van der Waals surface area contributed by atoms with Crippen molar-refractivity contribution in [1.29, 1.82) is 0 Å². The first-order chi connectivity index (χ1) is 12.6. The lowest BCUT2D eigenvalue weighted by molar-refractivity contribution is -0.400. The highest BCUT2D eigenvalue weighted by atomic mass is 35.5. The van der Waals surface area contributed by atoms with Gasteiger partial charge in [0.2, 0.25) is 11.0 Å². The molecule has 0 amide bonds. The Bertz CT molecular complexity index is 1170. The zero-order valence-corrected chi connectivity index (χ0v) is 15.7. The quantitative estimate of drug-likeness (QED) is 0.480. The van der Waals surface area contributed by atoms with Gasteiger partial charge in [-0.2, -0.15) is 0 Å². The molecule has 1 N–H and O–H groups in total. The Hall–Kier alpha value is -2.26. The van der Waals surface area contributed by atoms with Gasteiger partial charge in [-0.25, -0.2) is 4.99 Å². The van der Waals surface area contributed by atoms with Crippen LogP contribution in [0.3, 0.4) is 0 Å². The fraction of sp³-hybridized carbons (Fsp3) is 0. The maximum Gasteiger partial charge on any atom is 0.218 e. The van der Waals surface area contributed by atoms with Crippen LogP contribution in [0.4, 0.5) is 5.69 Å². The topological polar surface area (TPSA) is 27.1 Å². The van der Waals surface area contributed by atoms with Crippen molar-refractivity contribution in [3.8, 4) is 11.3 Å². The van der Waals surface area contributed by atoms with Gasteiger partial charge in [0.05, 0.1) is 21.5 Å². The van der Waals surface area contributed by atoms with Gasteiger partial charge in [-0.3, -0.25) is 0 Å². The fourth-order valence-electron chi connectivity index (χ4n) is 2.74. The Morgan fingerprint density at radius 1 is 0.731 bits per heavy atom. The third kappa shape index (κ3) is 3.49. The second kappa shape index (κ2) is 7.16. The summed E-state index contributed by atoms with van der Waals surface area (Å²) in [5.74, 6) is 0.753. The Morgan fingerprint density at radius 3 is 2.31 bits per heavy atom. The molecule has 0 aliphatic heterocycles. The number of benzene rings is 3. The van der Waals surface area contributed by atoms with Crippen LogP contribution in [0.1, 0.15) is 0 Å². The minimum atomic E-state index is 0.489. The molecule has 4 aromatic rings. The Kier molecular flexibility index (Phi) is 4.73. The normalized spacial score (nSPS) is 11.9. The summed E-state index contributed by atoms with van der Waals surface area (Å²) in [6.45, 7) is 0. The van der Waals surface area contributed by atoms with Gasteiger partial charge in [0, 0.05) is 22.7 Å². The van der Waals surface area contributed by atoms with E-state index in [1.807, 2.05) is 60.7 Å². The average Bonchev–Trinajstić information content (AvgIpc) is 2.65. The number of hydrogen-bond donors (Lipinski definition) is 1. The van der Waals surface area contributed by atoms with Gasteiger partial charge in [0.25, 0.3) is 0 Å². The summed E-state index contributed by atoms with van der Waals surface area (Å²) in [7, 11) is 0. The molecule has 0 spiro atoms. The Labute approximate surface area is 165 Å². The molecule has 0 fully saturated rings. The van der Waals surface area contributed by atoms with Crippen LogP contribution in [0.2, 0.25) is 15.1 Å². The average molecular weight is 402 g/mol. The molecule has 0 radical (unpaired) electrons. The second-order valence-corrected chi connectivity index (χ2v) is 7.04. The van der Waals surface area contributed by atoms with Crippen molar-refractivity contribution in [2.45, 2.75) is 0 Å². The van der Waals surface area contributed by atoms with Crippen LogP contribution in [0.5, 0.6) is 0 Å². The summed E-state index contributed by atoms with van der Waals surface area (Å²) in [6, 6.07) is 22.8. The minimum Gasteiger partial charge on any atom is -0.456 e.